The summed E-state index contributed by atoms with van der Waals surface area (Å²) in [7, 11) is -0.749. The van der Waals surface area contributed by atoms with Crippen LogP contribution < -0.4 is 19.1 Å². The molecule has 0 bridgehead atoms. The minimum atomic E-state index is -3.71. The van der Waals surface area contributed by atoms with E-state index in [9.17, 15) is 18.0 Å². The van der Waals surface area contributed by atoms with Crippen molar-refractivity contribution in [3.8, 4) is 11.5 Å². The second-order valence-corrected chi connectivity index (χ2v) is 8.25. The van der Waals surface area contributed by atoms with Gasteiger partial charge in [0.05, 0.1) is 41.9 Å². The summed E-state index contributed by atoms with van der Waals surface area (Å²) in [6.07, 6.45) is -0.0855. The molecule has 0 saturated carbocycles. The molecule has 2 aromatic carbocycles. The summed E-state index contributed by atoms with van der Waals surface area (Å²) in [5.41, 5.74) is 0.589. The minimum Gasteiger partial charge on any atom is -0.497 e. The average molecular weight is 425 g/mol. The Morgan fingerprint density at radius 2 is 1.89 bits per heavy atom. The molecule has 2 aromatic rings. The van der Waals surface area contributed by atoms with E-state index in [0.29, 0.717) is 21.5 Å². The summed E-state index contributed by atoms with van der Waals surface area (Å²) in [6, 6.07) is 8.92. The number of amides is 2. The van der Waals surface area contributed by atoms with Crippen LogP contribution in [0.3, 0.4) is 0 Å². The van der Waals surface area contributed by atoms with E-state index >= 15 is 0 Å². The highest BCUT2D eigenvalue weighted by Crippen LogP contribution is 2.32. The van der Waals surface area contributed by atoms with Crippen molar-refractivity contribution in [3.05, 3.63) is 47.0 Å². The Bertz CT molecular complexity index is 1050. The van der Waals surface area contributed by atoms with Crippen LogP contribution in [-0.4, -0.2) is 40.2 Å². The third kappa shape index (κ3) is 3.76. The first kappa shape index (κ1) is 20.0. The number of nitrogens with zero attached hydrogens (tertiary/aromatic N) is 1. The van der Waals surface area contributed by atoms with E-state index in [1.807, 2.05) is 0 Å². The van der Waals surface area contributed by atoms with Crippen molar-refractivity contribution in [1.82, 2.24) is 0 Å². The van der Waals surface area contributed by atoms with Crippen molar-refractivity contribution < 1.29 is 27.5 Å². The van der Waals surface area contributed by atoms with E-state index < -0.39 is 21.8 Å². The zero-order chi connectivity index (χ0) is 20.5. The number of methoxy groups -OCH3 is 2. The maximum Gasteiger partial charge on any atom is 0.257 e. The van der Waals surface area contributed by atoms with Crippen molar-refractivity contribution in [1.29, 1.82) is 0 Å². The summed E-state index contributed by atoms with van der Waals surface area (Å²) in [5, 5.41) is 2.69. The fourth-order valence-corrected chi connectivity index (χ4v) is 4.50. The molecular weight excluding hydrogens is 408 g/mol. The molecule has 10 heteroatoms. The van der Waals surface area contributed by atoms with Crippen molar-refractivity contribution in [2.45, 2.75) is 6.42 Å². The number of anilines is 2. The van der Waals surface area contributed by atoms with Crippen LogP contribution in [0, 0.1) is 0 Å². The first-order valence-electron chi connectivity index (χ1n) is 8.15. The van der Waals surface area contributed by atoms with Gasteiger partial charge >= 0.3 is 0 Å². The molecule has 0 aromatic heterocycles. The van der Waals surface area contributed by atoms with Crippen LogP contribution in [0.25, 0.3) is 0 Å². The van der Waals surface area contributed by atoms with Gasteiger partial charge in [0.25, 0.3) is 5.91 Å². The Morgan fingerprint density at radius 1 is 1.14 bits per heavy atom. The van der Waals surface area contributed by atoms with Gasteiger partial charge < -0.3 is 14.8 Å². The number of hydrogen-bond acceptors (Lipinski definition) is 6. The third-order valence-electron chi connectivity index (χ3n) is 4.17. The smallest absolute Gasteiger partial charge is 0.257 e. The first-order valence-corrected chi connectivity index (χ1v) is 10.1. The number of benzene rings is 2. The Balaban J connectivity index is 1.89. The lowest BCUT2D eigenvalue weighted by atomic mass is 10.1. The number of carbonyl (C=O) groups excluding carboxylic acids is 2. The van der Waals surface area contributed by atoms with Crippen LogP contribution in [0.2, 0.25) is 5.02 Å². The van der Waals surface area contributed by atoms with Gasteiger partial charge in [-0.05, 0) is 30.3 Å². The molecule has 0 atom stereocenters. The molecule has 1 aliphatic heterocycles. The summed E-state index contributed by atoms with van der Waals surface area (Å²) in [4.78, 5) is 24.5. The molecule has 0 spiro atoms. The van der Waals surface area contributed by atoms with Crippen molar-refractivity contribution in [2.75, 3.05) is 29.6 Å². The topological polar surface area (TPSA) is 102 Å². The SMILES string of the molecule is COc1ccc(OC)c(NC(=O)c2ccc(N3C(=O)CCS3(=O)=O)cc2Cl)c1. The van der Waals surface area contributed by atoms with Crippen molar-refractivity contribution in [3.63, 3.8) is 0 Å². The highest BCUT2D eigenvalue weighted by atomic mass is 35.5. The molecule has 1 fully saturated rings. The van der Waals surface area contributed by atoms with Crippen LogP contribution in [0.5, 0.6) is 11.5 Å². The minimum absolute atomic E-state index is 0.00626. The van der Waals surface area contributed by atoms with E-state index in [-0.39, 0.29) is 28.4 Å². The molecule has 0 radical (unpaired) electrons. The largest absolute Gasteiger partial charge is 0.497 e. The molecule has 1 N–H and O–H groups in total. The number of hydrogen-bond donors (Lipinski definition) is 1. The van der Waals surface area contributed by atoms with Gasteiger partial charge in [0.2, 0.25) is 15.9 Å². The second-order valence-electron chi connectivity index (χ2n) is 5.91. The van der Waals surface area contributed by atoms with E-state index in [4.69, 9.17) is 21.1 Å². The van der Waals surface area contributed by atoms with Gasteiger partial charge in [-0.25, -0.2) is 12.7 Å². The summed E-state index contributed by atoms with van der Waals surface area (Å²) in [5.74, 6) is -0.361. The zero-order valence-electron chi connectivity index (χ0n) is 15.1. The van der Waals surface area contributed by atoms with Crippen LogP contribution >= 0.6 is 11.6 Å². The number of carbonyl (C=O) groups is 2. The molecule has 8 nitrogen and oxygen atoms in total. The Kier molecular flexibility index (Phi) is 5.48. The molecule has 148 valence electrons. The van der Waals surface area contributed by atoms with Crippen LogP contribution in [0.15, 0.2) is 36.4 Å². The van der Waals surface area contributed by atoms with Gasteiger partial charge in [-0.15, -0.1) is 0 Å². The van der Waals surface area contributed by atoms with Gasteiger partial charge in [0, 0.05) is 12.5 Å². The van der Waals surface area contributed by atoms with Gasteiger partial charge in [-0.1, -0.05) is 11.6 Å². The van der Waals surface area contributed by atoms with Gasteiger partial charge in [-0.3, -0.25) is 9.59 Å². The first-order chi connectivity index (χ1) is 13.3. The van der Waals surface area contributed by atoms with Crippen LogP contribution in [-0.2, 0) is 14.8 Å². The molecule has 0 unspecified atom stereocenters. The summed E-state index contributed by atoms with van der Waals surface area (Å²) < 4.78 is 35.1. The Morgan fingerprint density at radius 3 is 2.46 bits per heavy atom. The fraction of sp³-hybridized carbons (Fsp3) is 0.222. The number of halogens is 1. The van der Waals surface area contributed by atoms with E-state index in [1.54, 1.807) is 18.2 Å². The Hall–Kier alpha value is -2.78. The highest BCUT2D eigenvalue weighted by molar-refractivity contribution is 7.94. The van der Waals surface area contributed by atoms with E-state index in [0.717, 1.165) is 0 Å². The maximum absolute atomic E-state index is 12.6. The molecular formula is C18H17ClN2O6S. The zero-order valence-corrected chi connectivity index (χ0v) is 16.6. The van der Waals surface area contributed by atoms with Crippen molar-refractivity contribution in [2.24, 2.45) is 0 Å². The predicted octanol–water partition coefficient (Wildman–Crippen LogP) is 2.68. The molecule has 1 saturated heterocycles. The third-order valence-corrected chi connectivity index (χ3v) is 6.17. The average Bonchev–Trinajstić information content (AvgIpc) is 2.93. The lowest BCUT2D eigenvalue weighted by molar-refractivity contribution is -0.116. The monoisotopic (exact) mass is 424 g/mol. The molecule has 28 heavy (non-hydrogen) atoms. The molecule has 1 heterocycles. The molecule has 0 aliphatic carbocycles. The highest BCUT2D eigenvalue weighted by Gasteiger charge is 2.36. The molecule has 3 rings (SSSR count). The number of nitrogens with one attached hydrogen (secondary N) is 1. The second kappa shape index (κ2) is 7.69. The normalized spacial score (nSPS) is 15.4. The lowest BCUT2D eigenvalue weighted by Crippen LogP contribution is -2.29. The van der Waals surface area contributed by atoms with E-state index in [2.05, 4.69) is 5.32 Å². The van der Waals surface area contributed by atoms with Crippen LogP contribution in [0.1, 0.15) is 16.8 Å². The number of ether oxygens (including phenoxy) is 2. The van der Waals surface area contributed by atoms with Crippen molar-refractivity contribution >= 4 is 44.8 Å². The van der Waals surface area contributed by atoms with E-state index in [1.165, 1.54) is 32.4 Å². The maximum atomic E-state index is 12.6. The number of rotatable bonds is 5. The predicted molar refractivity (Wildman–Crippen MR) is 105 cm³/mol. The summed E-state index contributed by atoms with van der Waals surface area (Å²) >= 11 is 6.19. The fourth-order valence-electron chi connectivity index (χ4n) is 2.78. The number of sulfonamides is 1. The van der Waals surface area contributed by atoms with Gasteiger partial charge in [0.15, 0.2) is 0 Å². The Labute approximate surface area is 167 Å². The lowest BCUT2D eigenvalue weighted by Gasteiger charge is -2.16. The standard InChI is InChI=1S/C18H17ClN2O6S/c1-26-12-4-6-16(27-2)15(10-12)20-18(23)13-5-3-11(9-14(13)19)21-17(22)7-8-28(21,24)25/h3-6,9-10H,7-8H2,1-2H3,(H,20,23). The van der Waals surface area contributed by atoms with Gasteiger partial charge in [0.1, 0.15) is 11.5 Å². The molecule has 1 aliphatic rings. The summed E-state index contributed by atoms with van der Waals surface area (Å²) in [6.45, 7) is 0. The van der Waals surface area contributed by atoms with Crippen LogP contribution in [0.4, 0.5) is 11.4 Å². The molecule has 2 amide bonds. The van der Waals surface area contributed by atoms with Gasteiger partial charge in [-0.2, -0.15) is 0 Å². The quantitative estimate of drug-likeness (QED) is 0.791.